The molecule has 9 aromatic carbocycles. The highest BCUT2D eigenvalue weighted by atomic mass is 32.1. The van der Waals surface area contributed by atoms with E-state index in [0.717, 1.165) is 17.1 Å². The summed E-state index contributed by atoms with van der Waals surface area (Å²) in [5.41, 5.74) is 10.6. The van der Waals surface area contributed by atoms with Gasteiger partial charge >= 0.3 is 0 Å². The SMILES string of the molecule is c1ccc(-c2ccc(N(c3cccc(-c4ccccc4)c3)c3cccc4ccc5c(sc6c7ccccc7c7[nH]c8ccccc8c7c56)c34)cc2)cc1. The van der Waals surface area contributed by atoms with Crippen molar-refractivity contribution in [3.8, 4) is 22.3 Å². The Hall–Kier alpha value is -6.68. The van der Waals surface area contributed by atoms with Crippen molar-refractivity contribution in [3.63, 3.8) is 0 Å². The maximum absolute atomic E-state index is 3.81. The molecule has 248 valence electrons. The summed E-state index contributed by atoms with van der Waals surface area (Å²) in [6, 6.07) is 68.3. The molecule has 53 heavy (non-hydrogen) atoms. The van der Waals surface area contributed by atoms with Crippen molar-refractivity contribution >= 4 is 91.9 Å². The van der Waals surface area contributed by atoms with Gasteiger partial charge in [-0.25, -0.2) is 0 Å². The molecular formula is C50H32N2S. The van der Waals surface area contributed by atoms with E-state index in [2.05, 4.69) is 198 Å². The lowest BCUT2D eigenvalue weighted by Gasteiger charge is -2.28. The van der Waals surface area contributed by atoms with Crippen LogP contribution in [0.4, 0.5) is 17.1 Å². The van der Waals surface area contributed by atoms with Crippen LogP contribution in [0.2, 0.25) is 0 Å². The fourth-order valence-electron chi connectivity index (χ4n) is 8.35. The van der Waals surface area contributed by atoms with Crippen LogP contribution in [0.5, 0.6) is 0 Å². The molecule has 0 atom stereocenters. The zero-order valence-corrected chi connectivity index (χ0v) is 29.6. The van der Waals surface area contributed by atoms with E-state index >= 15 is 0 Å². The Labute approximate surface area is 310 Å². The van der Waals surface area contributed by atoms with Crippen LogP contribution >= 0.6 is 11.3 Å². The van der Waals surface area contributed by atoms with Gasteiger partial charge in [0.2, 0.25) is 0 Å². The molecule has 2 nitrogen and oxygen atoms in total. The first-order valence-corrected chi connectivity index (χ1v) is 18.9. The molecule has 0 amide bonds. The number of fused-ring (bicyclic) bond motifs is 12. The van der Waals surface area contributed by atoms with Crippen molar-refractivity contribution in [2.24, 2.45) is 0 Å². The summed E-state index contributed by atoms with van der Waals surface area (Å²) >= 11 is 1.93. The lowest BCUT2D eigenvalue weighted by molar-refractivity contribution is 1.30. The first kappa shape index (κ1) is 30.0. The Kier molecular flexibility index (Phi) is 6.76. The highest BCUT2D eigenvalue weighted by molar-refractivity contribution is 7.28. The highest BCUT2D eigenvalue weighted by Crippen LogP contribution is 2.50. The molecule has 0 fully saturated rings. The van der Waals surface area contributed by atoms with Gasteiger partial charge < -0.3 is 9.88 Å². The minimum atomic E-state index is 1.12. The summed E-state index contributed by atoms with van der Waals surface area (Å²) in [6.45, 7) is 0. The molecule has 0 unspecified atom stereocenters. The Bertz CT molecular complexity index is 3160. The van der Waals surface area contributed by atoms with Crippen LogP contribution in [0.1, 0.15) is 0 Å². The molecule has 0 saturated carbocycles. The second-order valence-corrected chi connectivity index (χ2v) is 14.8. The Morgan fingerprint density at radius 1 is 0.377 bits per heavy atom. The van der Waals surface area contributed by atoms with Crippen LogP contribution in [0.15, 0.2) is 188 Å². The summed E-state index contributed by atoms with van der Waals surface area (Å²) < 4.78 is 2.64. The number of hydrogen-bond acceptors (Lipinski definition) is 2. The quantitative estimate of drug-likeness (QED) is 0.190. The van der Waals surface area contributed by atoms with Crippen LogP contribution in [0, 0.1) is 0 Å². The van der Waals surface area contributed by atoms with Crippen molar-refractivity contribution in [2.45, 2.75) is 0 Å². The van der Waals surface area contributed by atoms with Gasteiger partial charge in [0.15, 0.2) is 0 Å². The molecule has 1 N–H and O–H groups in total. The number of hydrogen-bond donors (Lipinski definition) is 1. The number of nitrogens with zero attached hydrogens (tertiary/aromatic N) is 1. The molecule has 11 aromatic rings. The summed E-state index contributed by atoms with van der Waals surface area (Å²) in [4.78, 5) is 6.26. The van der Waals surface area contributed by atoms with E-state index in [1.807, 2.05) is 11.3 Å². The molecule has 0 aliphatic carbocycles. The highest BCUT2D eigenvalue weighted by Gasteiger charge is 2.22. The molecule has 2 heterocycles. The van der Waals surface area contributed by atoms with Crippen molar-refractivity contribution in [2.75, 3.05) is 4.90 Å². The zero-order chi connectivity index (χ0) is 34.9. The van der Waals surface area contributed by atoms with Gasteiger partial charge in [-0.1, -0.05) is 152 Å². The predicted molar refractivity (Wildman–Crippen MR) is 229 cm³/mol. The summed E-state index contributed by atoms with van der Waals surface area (Å²) in [6.07, 6.45) is 0. The molecule has 0 bridgehead atoms. The number of H-pyrrole nitrogens is 1. The molecule has 11 rings (SSSR count). The summed E-state index contributed by atoms with van der Waals surface area (Å²) in [5, 5.41) is 10.2. The van der Waals surface area contributed by atoms with E-state index in [0.29, 0.717) is 0 Å². The standard InChI is InChI=1S/C50H32N2S/c1-3-13-32(14-4-1)34-25-28-37(29-26-34)52(38-19-11-18-36(31-38)33-15-5-2-6-16-33)44-24-12-17-35-27-30-42-47-46-41-22-9-10-23-43(41)51-48(46)39-20-7-8-21-40(39)49(47)53-50(42)45(35)44/h1-31,51H. The Morgan fingerprint density at radius 3 is 1.79 bits per heavy atom. The number of nitrogens with one attached hydrogen (secondary N) is 1. The van der Waals surface area contributed by atoms with Gasteiger partial charge in [-0.15, -0.1) is 11.3 Å². The second-order valence-electron chi connectivity index (χ2n) is 13.8. The number of benzene rings is 9. The van der Waals surface area contributed by atoms with Crippen LogP contribution in [-0.4, -0.2) is 4.98 Å². The van der Waals surface area contributed by atoms with Gasteiger partial charge in [0.25, 0.3) is 0 Å². The number of anilines is 3. The smallest absolute Gasteiger partial charge is 0.0554 e. The predicted octanol–water partition coefficient (Wildman–Crippen LogP) is 14.8. The lowest BCUT2D eigenvalue weighted by Crippen LogP contribution is -2.10. The topological polar surface area (TPSA) is 19.0 Å². The van der Waals surface area contributed by atoms with E-state index in [9.17, 15) is 0 Å². The van der Waals surface area contributed by atoms with E-state index < -0.39 is 0 Å². The van der Waals surface area contributed by atoms with Crippen LogP contribution in [-0.2, 0) is 0 Å². The maximum atomic E-state index is 3.81. The van der Waals surface area contributed by atoms with E-state index in [4.69, 9.17) is 0 Å². The second kappa shape index (κ2) is 11.9. The van der Waals surface area contributed by atoms with Gasteiger partial charge in [-0.05, 0) is 64.0 Å². The van der Waals surface area contributed by atoms with Crippen LogP contribution in [0.3, 0.4) is 0 Å². The van der Waals surface area contributed by atoms with Gasteiger partial charge in [0.1, 0.15) is 0 Å². The number of para-hydroxylation sites is 1. The molecule has 0 aliphatic rings. The van der Waals surface area contributed by atoms with Crippen molar-refractivity contribution < 1.29 is 0 Å². The van der Waals surface area contributed by atoms with Crippen LogP contribution < -0.4 is 4.90 Å². The molecular weight excluding hydrogens is 661 g/mol. The molecule has 0 spiro atoms. The van der Waals surface area contributed by atoms with Gasteiger partial charge in [0, 0.05) is 64.0 Å². The minimum absolute atomic E-state index is 1.12. The fraction of sp³-hybridized carbons (Fsp3) is 0. The lowest BCUT2D eigenvalue weighted by atomic mass is 9.97. The normalized spacial score (nSPS) is 11.8. The molecule has 3 heteroatoms. The third kappa shape index (κ3) is 4.71. The van der Waals surface area contributed by atoms with Crippen molar-refractivity contribution in [1.82, 2.24) is 4.98 Å². The third-order valence-corrected chi connectivity index (χ3v) is 12.0. The molecule has 2 aromatic heterocycles. The summed E-state index contributed by atoms with van der Waals surface area (Å²) in [5.74, 6) is 0. The largest absolute Gasteiger partial charge is 0.354 e. The average molecular weight is 693 g/mol. The first-order chi connectivity index (χ1) is 26.3. The summed E-state index contributed by atoms with van der Waals surface area (Å²) in [7, 11) is 0. The fourth-order valence-corrected chi connectivity index (χ4v) is 9.76. The zero-order valence-electron chi connectivity index (χ0n) is 28.8. The van der Waals surface area contributed by atoms with Gasteiger partial charge in [-0.3, -0.25) is 0 Å². The van der Waals surface area contributed by atoms with Crippen LogP contribution in [0.25, 0.3) is 85.8 Å². The minimum Gasteiger partial charge on any atom is -0.354 e. The van der Waals surface area contributed by atoms with Gasteiger partial charge in [-0.2, -0.15) is 0 Å². The number of thiophene rings is 1. The van der Waals surface area contributed by atoms with Crippen molar-refractivity contribution in [1.29, 1.82) is 0 Å². The number of aromatic nitrogens is 1. The molecule has 0 saturated heterocycles. The average Bonchev–Trinajstić information content (AvgIpc) is 3.82. The first-order valence-electron chi connectivity index (χ1n) is 18.1. The molecule has 0 radical (unpaired) electrons. The molecule has 0 aliphatic heterocycles. The third-order valence-electron chi connectivity index (χ3n) is 10.8. The van der Waals surface area contributed by atoms with E-state index in [1.54, 1.807) is 0 Å². The Balaban J connectivity index is 1.22. The number of rotatable bonds is 5. The maximum Gasteiger partial charge on any atom is 0.0554 e. The van der Waals surface area contributed by atoms with Crippen molar-refractivity contribution in [3.05, 3.63) is 188 Å². The monoisotopic (exact) mass is 692 g/mol. The van der Waals surface area contributed by atoms with Gasteiger partial charge in [0.05, 0.1) is 11.2 Å². The van der Waals surface area contributed by atoms with E-state index in [1.165, 1.54) is 85.8 Å². The number of aromatic amines is 1. The Morgan fingerprint density at radius 2 is 1.00 bits per heavy atom. The van der Waals surface area contributed by atoms with E-state index in [-0.39, 0.29) is 0 Å².